The highest BCUT2D eigenvalue weighted by Crippen LogP contribution is 2.27. The molecule has 3 heteroatoms. The molecule has 98 valence electrons. The van der Waals surface area contributed by atoms with Crippen molar-refractivity contribution in [1.29, 1.82) is 0 Å². The first-order chi connectivity index (χ1) is 8.83. The number of rotatable bonds is 2. The van der Waals surface area contributed by atoms with Crippen molar-refractivity contribution in [2.75, 3.05) is 44.7 Å². The summed E-state index contributed by atoms with van der Waals surface area (Å²) in [5.41, 5.74) is 4.45. The van der Waals surface area contributed by atoms with E-state index in [1.54, 1.807) is 0 Å². The van der Waals surface area contributed by atoms with Crippen LogP contribution in [0.2, 0.25) is 0 Å². The van der Waals surface area contributed by atoms with Gasteiger partial charge in [-0.25, -0.2) is 0 Å². The highest BCUT2D eigenvalue weighted by atomic mass is 15.2. The third-order valence-electron chi connectivity index (χ3n) is 4.11. The average Bonchev–Trinajstić information content (AvgIpc) is 2.40. The van der Waals surface area contributed by atoms with Crippen molar-refractivity contribution in [3.8, 4) is 0 Å². The number of nitrogens with zero attached hydrogens (tertiary/aromatic N) is 2. The molecule has 1 saturated heterocycles. The Morgan fingerprint density at radius 1 is 1.17 bits per heavy atom. The lowest BCUT2D eigenvalue weighted by molar-refractivity contribution is 0.233. The Balaban J connectivity index is 1.73. The molecule has 1 aromatic rings. The van der Waals surface area contributed by atoms with Crippen LogP contribution in [0.5, 0.6) is 0 Å². The van der Waals surface area contributed by atoms with Gasteiger partial charge < -0.3 is 10.2 Å². The Morgan fingerprint density at radius 2 is 2.00 bits per heavy atom. The standard InChI is InChI=1S/C15H23N3/c1-17-8-2-3-14-11-13(4-5-15(14)17)12-18-9-6-16-7-10-18/h4-5,11,16H,2-3,6-10,12H2,1H3. The Morgan fingerprint density at radius 3 is 2.83 bits per heavy atom. The zero-order chi connectivity index (χ0) is 12.4. The second-order valence-corrected chi connectivity index (χ2v) is 5.51. The van der Waals surface area contributed by atoms with Crippen LogP contribution in [-0.4, -0.2) is 44.7 Å². The molecule has 0 bridgehead atoms. The number of anilines is 1. The van der Waals surface area contributed by atoms with Crippen molar-refractivity contribution in [2.45, 2.75) is 19.4 Å². The molecule has 0 aromatic heterocycles. The van der Waals surface area contributed by atoms with Crippen LogP contribution in [0, 0.1) is 0 Å². The van der Waals surface area contributed by atoms with Crippen molar-refractivity contribution >= 4 is 5.69 Å². The lowest BCUT2D eigenvalue weighted by atomic mass is 9.99. The summed E-state index contributed by atoms with van der Waals surface area (Å²) in [6.07, 6.45) is 2.54. The van der Waals surface area contributed by atoms with Crippen molar-refractivity contribution < 1.29 is 0 Å². The molecule has 3 rings (SSSR count). The molecule has 0 radical (unpaired) electrons. The van der Waals surface area contributed by atoms with E-state index in [1.807, 2.05) is 0 Å². The molecule has 1 fully saturated rings. The minimum absolute atomic E-state index is 1.11. The quantitative estimate of drug-likeness (QED) is 0.851. The van der Waals surface area contributed by atoms with Crippen molar-refractivity contribution in [3.63, 3.8) is 0 Å². The van der Waals surface area contributed by atoms with Crippen LogP contribution in [0.1, 0.15) is 17.5 Å². The molecule has 0 saturated carbocycles. The molecule has 0 amide bonds. The van der Waals surface area contributed by atoms with Gasteiger partial charge in [0.2, 0.25) is 0 Å². The molecule has 18 heavy (non-hydrogen) atoms. The van der Waals surface area contributed by atoms with Crippen LogP contribution in [0.25, 0.3) is 0 Å². The smallest absolute Gasteiger partial charge is 0.0396 e. The SMILES string of the molecule is CN1CCCc2cc(CN3CCNCC3)ccc21. The predicted molar refractivity (Wildman–Crippen MR) is 76.2 cm³/mol. The van der Waals surface area contributed by atoms with Gasteiger partial charge >= 0.3 is 0 Å². The fourth-order valence-corrected chi connectivity index (χ4v) is 3.06. The van der Waals surface area contributed by atoms with Gasteiger partial charge in [0.05, 0.1) is 0 Å². The van der Waals surface area contributed by atoms with Crippen LogP contribution in [-0.2, 0) is 13.0 Å². The van der Waals surface area contributed by atoms with Crippen LogP contribution in [0.4, 0.5) is 5.69 Å². The van der Waals surface area contributed by atoms with Crippen LogP contribution in [0.3, 0.4) is 0 Å². The highest BCUT2D eigenvalue weighted by molar-refractivity contribution is 5.56. The maximum absolute atomic E-state index is 3.41. The van der Waals surface area contributed by atoms with E-state index >= 15 is 0 Å². The Labute approximate surface area is 110 Å². The van der Waals surface area contributed by atoms with E-state index in [0.717, 1.165) is 19.6 Å². The number of piperazine rings is 1. The van der Waals surface area contributed by atoms with Crippen LogP contribution < -0.4 is 10.2 Å². The summed E-state index contributed by atoms with van der Waals surface area (Å²) in [6.45, 7) is 6.93. The molecule has 3 nitrogen and oxygen atoms in total. The van der Waals surface area contributed by atoms with E-state index in [0.29, 0.717) is 0 Å². The molecule has 0 unspecified atom stereocenters. The Kier molecular flexibility index (Phi) is 3.52. The molecular weight excluding hydrogens is 222 g/mol. The number of benzene rings is 1. The van der Waals surface area contributed by atoms with Gasteiger partial charge in [0.1, 0.15) is 0 Å². The molecule has 1 aromatic carbocycles. The molecule has 0 atom stereocenters. The molecule has 2 heterocycles. The second-order valence-electron chi connectivity index (χ2n) is 5.51. The number of fused-ring (bicyclic) bond motifs is 1. The van der Waals surface area contributed by atoms with Gasteiger partial charge in [-0.2, -0.15) is 0 Å². The van der Waals surface area contributed by atoms with Gasteiger partial charge in [0, 0.05) is 52.0 Å². The molecule has 0 spiro atoms. The molecule has 2 aliphatic heterocycles. The zero-order valence-electron chi connectivity index (χ0n) is 11.3. The molecular formula is C15H23N3. The Hall–Kier alpha value is -1.06. The second kappa shape index (κ2) is 5.29. The van der Waals surface area contributed by atoms with Gasteiger partial charge in [-0.05, 0) is 30.0 Å². The summed E-state index contributed by atoms with van der Waals surface area (Å²) in [7, 11) is 2.20. The number of hydrogen-bond acceptors (Lipinski definition) is 3. The Bertz CT molecular complexity index is 410. The third kappa shape index (κ3) is 2.52. The van der Waals surface area contributed by atoms with E-state index < -0.39 is 0 Å². The fraction of sp³-hybridized carbons (Fsp3) is 0.600. The largest absolute Gasteiger partial charge is 0.374 e. The average molecular weight is 245 g/mol. The van der Waals surface area contributed by atoms with Gasteiger partial charge in [0.25, 0.3) is 0 Å². The first-order valence-corrected chi connectivity index (χ1v) is 7.09. The van der Waals surface area contributed by atoms with E-state index in [9.17, 15) is 0 Å². The zero-order valence-corrected chi connectivity index (χ0v) is 11.3. The van der Waals surface area contributed by atoms with E-state index in [1.165, 1.54) is 49.3 Å². The molecule has 1 N–H and O–H groups in total. The van der Waals surface area contributed by atoms with Crippen molar-refractivity contribution in [3.05, 3.63) is 29.3 Å². The van der Waals surface area contributed by atoms with Gasteiger partial charge in [0.15, 0.2) is 0 Å². The minimum Gasteiger partial charge on any atom is -0.374 e. The summed E-state index contributed by atoms with van der Waals surface area (Å²) in [4.78, 5) is 4.93. The highest BCUT2D eigenvalue weighted by Gasteiger charge is 2.15. The first-order valence-electron chi connectivity index (χ1n) is 7.09. The maximum atomic E-state index is 3.41. The van der Waals surface area contributed by atoms with Crippen LogP contribution >= 0.6 is 0 Å². The maximum Gasteiger partial charge on any atom is 0.0396 e. The summed E-state index contributed by atoms with van der Waals surface area (Å²) < 4.78 is 0. The van der Waals surface area contributed by atoms with E-state index in [2.05, 4.69) is 40.4 Å². The topological polar surface area (TPSA) is 18.5 Å². The number of hydrogen-bond donors (Lipinski definition) is 1. The van der Waals surface area contributed by atoms with E-state index in [-0.39, 0.29) is 0 Å². The summed E-state index contributed by atoms with van der Waals surface area (Å²) in [5, 5.41) is 3.41. The predicted octanol–water partition coefficient (Wildman–Crippen LogP) is 1.47. The first kappa shape index (κ1) is 12.0. The van der Waals surface area contributed by atoms with Crippen molar-refractivity contribution in [1.82, 2.24) is 10.2 Å². The lowest BCUT2D eigenvalue weighted by Crippen LogP contribution is -2.42. The van der Waals surface area contributed by atoms with Gasteiger partial charge in [-0.3, -0.25) is 4.90 Å². The number of aryl methyl sites for hydroxylation is 1. The van der Waals surface area contributed by atoms with Crippen LogP contribution in [0.15, 0.2) is 18.2 Å². The molecule has 0 aliphatic carbocycles. The summed E-state index contributed by atoms with van der Waals surface area (Å²) in [5.74, 6) is 0. The third-order valence-corrected chi connectivity index (χ3v) is 4.11. The summed E-state index contributed by atoms with van der Waals surface area (Å²) >= 11 is 0. The molecule has 2 aliphatic rings. The fourth-order valence-electron chi connectivity index (χ4n) is 3.06. The monoisotopic (exact) mass is 245 g/mol. The van der Waals surface area contributed by atoms with Gasteiger partial charge in [-0.15, -0.1) is 0 Å². The van der Waals surface area contributed by atoms with Gasteiger partial charge in [-0.1, -0.05) is 12.1 Å². The van der Waals surface area contributed by atoms with Crippen molar-refractivity contribution in [2.24, 2.45) is 0 Å². The lowest BCUT2D eigenvalue weighted by Gasteiger charge is -2.30. The minimum atomic E-state index is 1.11. The normalized spacial score (nSPS) is 20.8. The number of nitrogens with one attached hydrogen (secondary N) is 1. The van der Waals surface area contributed by atoms with E-state index in [4.69, 9.17) is 0 Å². The summed E-state index contributed by atoms with van der Waals surface area (Å²) in [6, 6.07) is 7.04.